The van der Waals surface area contributed by atoms with E-state index < -0.39 is 5.82 Å². The van der Waals surface area contributed by atoms with E-state index in [1.807, 2.05) is 30.3 Å². The lowest BCUT2D eigenvalue weighted by molar-refractivity contribution is 0.544. The van der Waals surface area contributed by atoms with Crippen LogP contribution in [0.1, 0.15) is 23.6 Å². The number of halogens is 2. The van der Waals surface area contributed by atoms with Gasteiger partial charge in [0.05, 0.1) is 5.56 Å². The number of benzene rings is 2. The van der Waals surface area contributed by atoms with E-state index in [0.717, 1.165) is 17.0 Å². The Morgan fingerprint density at radius 3 is 2.76 bits per heavy atom. The number of nitriles is 1. The Bertz CT molecular complexity index is 664. The molecule has 0 aliphatic rings. The third-order valence-corrected chi connectivity index (χ3v) is 3.47. The van der Waals surface area contributed by atoms with E-state index >= 15 is 0 Å². The Labute approximate surface area is 129 Å². The molecule has 0 fully saturated rings. The van der Waals surface area contributed by atoms with Gasteiger partial charge in [-0.3, -0.25) is 0 Å². The minimum Gasteiger partial charge on any atom is -0.310 e. The zero-order chi connectivity index (χ0) is 15.2. The fourth-order valence-electron chi connectivity index (χ4n) is 2.15. The van der Waals surface area contributed by atoms with Gasteiger partial charge in [-0.2, -0.15) is 5.26 Å². The van der Waals surface area contributed by atoms with Crippen LogP contribution >= 0.6 is 11.6 Å². The Hall–Kier alpha value is -1.89. The molecule has 1 unspecified atom stereocenters. The molecule has 0 aliphatic carbocycles. The van der Waals surface area contributed by atoms with Gasteiger partial charge in [-0.05, 0) is 48.7 Å². The first kappa shape index (κ1) is 15.5. The molecule has 0 saturated heterocycles. The average molecular weight is 303 g/mol. The van der Waals surface area contributed by atoms with Crippen LogP contribution < -0.4 is 5.32 Å². The molecule has 1 atom stereocenters. The molecule has 0 heterocycles. The Morgan fingerprint density at radius 2 is 2.05 bits per heavy atom. The van der Waals surface area contributed by atoms with Crippen molar-refractivity contribution in [3.63, 3.8) is 0 Å². The lowest BCUT2D eigenvalue weighted by Crippen LogP contribution is -2.27. The maximum atomic E-state index is 13.2. The summed E-state index contributed by atoms with van der Waals surface area (Å²) in [6.45, 7) is 2.67. The quantitative estimate of drug-likeness (QED) is 0.903. The van der Waals surface area contributed by atoms with Crippen LogP contribution in [0.25, 0.3) is 0 Å². The zero-order valence-electron chi connectivity index (χ0n) is 11.7. The van der Waals surface area contributed by atoms with Crippen LogP contribution in [0.3, 0.4) is 0 Å². The van der Waals surface area contributed by atoms with E-state index in [1.54, 1.807) is 12.1 Å². The zero-order valence-corrected chi connectivity index (χ0v) is 12.5. The van der Waals surface area contributed by atoms with Crippen molar-refractivity contribution in [1.29, 1.82) is 5.26 Å². The van der Waals surface area contributed by atoms with Gasteiger partial charge >= 0.3 is 0 Å². The standard InChI is InChI=1S/C17H16ClFN2/c1-12(7-13-3-2-4-16(18)9-13)21-11-14-5-6-17(19)15(8-14)10-20/h2-6,8-9,12,21H,7,11H2,1H3. The molecule has 0 aliphatic heterocycles. The largest absolute Gasteiger partial charge is 0.310 e. The van der Waals surface area contributed by atoms with E-state index in [9.17, 15) is 4.39 Å². The van der Waals surface area contributed by atoms with Crippen molar-refractivity contribution in [1.82, 2.24) is 5.32 Å². The van der Waals surface area contributed by atoms with Crippen molar-refractivity contribution < 1.29 is 4.39 Å². The summed E-state index contributed by atoms with van der Waals surface area (Å²) in [5.74, 6) is -0.478. The number of rotatable bonds is 5. The first-order valence-electron chi connectivity index (χ1n) is 6.75. The summed E-state index contributed by atoms with van der Waals surface area (Å²) in [4.78, 5) is 0. The van der Waals surface area contributed by atoms with Gasteiger partial charge in [0, 0.05) is 17.6 Å². The summed E-state index contributed by atoms with van der Waals surface area (Å²) in [5, 5.41) is 12.9. The van der Waals surface area contributed by atoms with Crippen molar-refractivity contribution in [2.45, 2.75) is 25.9 Å². The second-order valence-corrected chi connectivity index (χ2v) is 5.48. The monoisotopic (exact) mass is 302 g/mol. The summed E-state index contributed by atoms with van der Waals surface area (Å²) < 4.78 is 13.2. The second-order valence-electron chi connectivity index (χ2n) is 5.04. The molecule has 108 valence electrons. The van der Waals surface area contributed by atoms with Crippen molar-refractivity contribution in [3.05, 3.63) is 70.0 Å². The van der Waals surface area contributed by atoms with E-state index in [0.29, 0.717) is 6.54 Å². The maximum absolute atomic E-state index is 13.2. The fourth-order valence-corrected chi connectivity index (χ4v) is 2.36. The minimum absolute atomic E-state index is 0.0804. The summed E-state index contributed by atoms with van der Waals surface area (Å²) in [6.07, 6.45) is 0.854. The second kappa shape index (κ2) is 7.21. The molecule has 21 heavy (non-hydrogen) atoms. The van der Waals surface area contributed by atoms with Crippen molar-refractivity contribution in [2.75, 3.05) is 0 Å². The molecular formula is C17H16ClFN2. The third kappa shape index (κ3) is 4.56. The van der Waals surface area contributed by atoms with Crippen LogP contribution in [-0.2, 0) is 13.0 Å². The lowest BCUT2D eigenvalue weighted by Gasteiger charge is -2.14. The SMILES string of the molecule is CC(Cc1cccc(Cl)c1)NCc1ccc(F)c(C#N)c1. The highest BCUT2D eigenvalue weighted by Gasteiger charge is 2.06. The first-order chi connectivity index (χ1) is 10.1. The van der Waals surface area contributed by atoms with E-state index in [4.69, 9.17) is 16.9 Å². The van der Waals surface area contributed by atoms with Crippen LogP contribution in [0.15, 0.2) is 42.5 Å². The minimum atomic E-state index is -0.478. The molecule has 1 N–H and O–H groups in total. The van der Waals surface area contributed by atoms with Gasteiger partial charge in [0.2, 0.25) is 0 Å². The molecule has 4 heteroatoms. The summed E-state index contributed by atoms with van der Waals surface area (Å²) in [6, 6.07) is 14.5. The van der Waals surface area contributed by atoms with E-state index in [1.165, 1.54) is 11.6 Å². The summed E-state index contributed by atoms with van der Waals surface area (Å²) in [5.41, 5.74) is 2.14. The number of hydrogen-bond donors (Lipinski definition) is 1. The van der Waals surface area contributed by atoms with Crippen molar-refractivity contribution in [2.24, 2.45) is 0 Å². The molecule has 0 bridgehead atoms. The molecule has 2 nitrogen and oxygen atoms in total. The maximum Gasteiger partial charge on any atom is 0.140 e. The molecule has 0 saturated carbocycles. The number of nitrogens with zero attached hydrogens (tertiary/aromatic N) is 1. The van der Waals surface area contributed by atoms with Gasteiger partial charge in [0.25, 0.3) is 0 Å². The summed E-state index contributed by atoms with van der Waals surface area (Å²) in [7, 11) is 0. The predicted octanol–water partition coefficient (Wildman–Crippen LogP) is 4.07. The molecule has 2 aromatic carbocycles. The van der Waals surface area contributed by atoms with Crippen LogP contribution in [0.5, 0.6) is 0 Å². The molecule has 2 aromatic rings. The first-order valence-corrected chi connectivity index (χ1v) is 7.12. The molecular weight excluding hydrogens is 287 g/mol. The molecule has 0 spiro atoms. The van der Waals surface area contributed by atoms with Crippen LogP contribution in [0.4, 0.5) is 4.39 Å². The Balaban J connectivity index is 1.92. The van der Waals surface area contributed by atoms with Crippen LogP contribution in [-0.4, -0.2) is 6.04 Å². The molecule has 0 radical (unpaired) electrons. The third-order valence-electron chi connectivity index (χ3n) is 3.24. The van der Waals surface area contributed by atoms with Crippen molar-refractivity contribution >= 4 is 11.6 Å². The van der Waals surface area contributed by atoms with Crippen LogP contribution in [0, 0.1) is 17.1 Å². The van der Waals surface area contributed by atoms with E-state index in [2.05, 4.69) is 12.2 Å². The normalized spacial score (nSPS) is 11.9. The smallest absolute Gasteiger partial charge is 0.140 e. The molecule has 2 rings (SSSR count). The van der Waals surface area contributed by atoms with E-state index in [-0.39, 0.29) is 11.6 Å². The Morgan fingerprint density at radius 1 is 1.24 bits per heavy atom. The topological polar surface area (TPSA) is 35.8 Å². The van der Waals surface area contributed by atoms with Crippen molar-refractivity contribution in [3.8, 4) is 6.07 Å². The Kier molecular flexibility index (Phi) is 5.32. The van der Waals surface area contributed by atoms with Gasteiger partial charge in [0.1, 0.15) is 11.9 Å². The molecule has 0 amide bonds. The van der Waals surface area contributed by atoms with Gasteiger partial charge in [-0.15, -0.1) is 0 Å². The number of nitrogens with one attached hydrogen (secondary N) is 1. The highest BCUT2D eigenvalue weighted by molar-refractivity contribution is 6.30. The summed E-state index contributed by atoms with van der Waals surface area (Å²) >= 11 is 5.96. The van der Waals surface area contributed by atoms with Crippen LogP contribution in [0.2, 0.25) is 5.02 Å². The van der Waals surface area contributed by atoms with Gasteiger partial charge in [-0.1, -0.05) is 29.8 Å². The van der Waals surface area contributed by atoms with Gasteiger partial charge in [0.15, 0.2) is 0 Å². The highest BCUT2D eigenvalue weighted by Crippen LogP contribution is 2.13. The fraction of sp³-hybridized carbons (Fsp3) is 0.235. The van der Waals surface area contributed by atoms with Gasteiger partial charge in [-0.25, -0.2) is 4.39 Å². The number of hydrogen-bond acceptors (Lipinski definition) is 2. The van der Waals surface area contributed by atoms with Gasteiger partial charge < -0.3 is 5.32 Å². The molecule has 0 aromatic heterocycles. The lowest BCUT2D eigenvalue weighted by atomic mass is 10.1. The average Bonchev–Trinajstić information content (AvgIpc) is 2.46. The predicted molar refractivity (Wildman–Crippen MR) is 82.6 cm³/mol. The highest BCUT2D eigenvalue weighted by atomic mass is 35.5.